The van der Waals surface area contributed by atoms with Crippen molar-refractivity contribution in [1.82, 2.24) is 0 Å². The Labute approximate surface area is 302 Å². The van der Waals surface area contributed by atoms with Crippen LogP contribution in [0.15, 0.2) is 36.4 Å². The van der Waals surface area contributed by atoms with E-state index in [0.717, 1.165) is 75.3 Å². The smallest absolute Gasteiger partial charge is 0.305 e. The third kappa shape index (κ3) is 11.4. The van der Waals surface area contributed by atoms with Crippen LogP contribution in [0.3, 0.4) is 0 Å². The Morgan fingerprint density at radius 2 is 0.960 bits per heavy atom. The number of carbonyl (C=O) groups is 4. The lowest BCUT2D eigenvalue weighted by Crippen LogP contribution is -2.25. The van der Waals surface area contributed by atoms with E-state index < -0.39 is 0 Å². The molecule has 2 atom stereocenters. The van der Waals surface area contributed by atoms with Crippen molar-refractivity contribution in [3.63, 3.8) is 0 Å². The highest BCUT2D eigenvalue weighted by atomic mass is 16.5. The van der Waals surface area contributed by atoms with Gasteiger partial charge in [0.2, 0.25) is 0 Å². The van der Waals surface area contributed by atoms with Gasteiger partial charge in [-0.1, -0.05) is 106 Å². The Morgan fingerprint density at radius 3 is 1.30 bits per heavy atom. The van der Waals surface area contributed by atoms with Crippen molar-refractivity contribution in [2.45, 2.75) is 156 Å². The van der Waals surface area contributed by atoms with Crippen molar-refractivity contribution >= 4 is 23.5 Å². The van der Waals surface area contributed by atoms with Crippen LogP contribution in [0.25, 0.3) is 0 Å². The maximum absolute atomic E-state index is 13.8. The fourth-order valence-corrected chi connectivity index (χ4v) is 6.99. The molecule has 0 aromatic heterocycles. The Bertz CT molecular complexity index is 1340. The summed E-state index contributed by atoms with van der Waals surface area (Å²) in [5.41, 5.74) is 3.11. The molecule has 0 saturated carbocycles. The predicted octanol–water partition coefficient (Wildman–Crippen LogP) is 10.9. The summed E-state index contributed by atoms with van der Waals surface area (Å²) in [6.07, 6.45) is 12.4. The molecule has 0 aliphatic heterocycles. The molecule has 0 fully saturated rings. The first-order valence-electron chi connectivity index (χ1n) is 19.5. The molecular formula is C44H64O6. The zero-order valence-corrected chi connectivity index (χ0v) is 32.4. The van der Waals surface area contributed by atoms with Crippen LogP contribution in [0.1, 0.15) is 188 Å². The second-order valence-corrected chi connectivity index (χ2v) is 15.9. The van der Waals surface area contributed by atoms with Gasteiger partial charge in [-0.05, 0) is 96.6 Å². The minimum Gasteiger partial charge on any atom is -0.465 e. The molecule has 1 aliphatic rings. The summed E-state index contributed by atoms with van der Waals surface area (Å²) >= 11 is 0. The van der Waals surface area contributed by atoms with Crippen LogP contribution in [-0.2, 0) is 29.9 Å². The second kappa shape index (κ2) is 19.4. The molecule has 0 saturated heterocycles. The maximum Gasteiger partial charge on any atom is 0.305 e. The van der Waals surface area contributed by atoms with Crippen LogP contribution in [0.5, 0.6) is 0 Å². The van der Waals surface area contributed by atoms with Gasteiger partial charge in [0.25, 0.3) is 0 Å². The summed E-state index contributed by atoms with van der Waals surface area (Å²) in [5.74, 6) is 0.274. The molecule has 6 nitrogen and oxygen atoms in total. The third-order valence-electron chi connectivity index (χ3n) is 11.0. The first-order valence-corrected chi connectivity index (χ1v) is 19.5. The van der Waals surface area contributed by atoms with Crippen LogP contribution in [0.4, 0.5) is 0 Å². The second-order valence-electron chi connectivity index (χ2n) is 15.9. The molecule has 0 radical (unpaired) electrons. The third-order valence-corrected chi connectivity index (χ3v) is 11.0. The van der Waals surface area contributed by atoms with Crippen LogP contribution in [-0.4, -0.2) is 36.7 Å². The number of esters is 2. The summed E-state index contributed by atoms with van der Waals surface area (Å²) < 4.78 is 11.2. The van der Waals surface area contributed by atoms with E-state index in [0.29, 0.717) is 73.0 Å². The molecule has 6 heteroatoms. The highest BCUT2D eigenvalue weighted by molar-refractivity contribution is 6.28. The van der Waals surface area contributed by atoms with Gasteiger partial charge in [-0.3, -0.25) is 19.2 Å². The summed E-state index contributed by atoms with van der Waals surface area (Å²) in [4.78, 5) is 52.5. The van der Waals surface area contributed by atoms with E-state index in [1.54, 1.807) is 12.1 Å². The number of carbonyl (C=O) groups excluding carboxylic acids is 4. The van der Waals surface area contributed by atoms with E-state index in [1.807, 2.05) is 24.3 Å². The van der Waals surface area contributed by atoms with Crippen molar-refractivity contribution in [2.75, 3.05) is 13.2 Å². The van der Waals surface area contributed by atoms with Gasteiger partial charge in [0.15, 0.2) is 11.6 Å². The van der Waals surface area contributed by atoms with Crippen LogP contribution in [0, 0.1) is 11.8 Å². The topological polar surface area (TPSA) is 86.7 Å². The normalized spacial score (nSPS) is 14.2. The van der Waals surface area contributed by atoms with Crippen molar-refractivity contribution in [3.05, 3.63) is 69.8 Å². The van der Waals surface area contributed by atoms with E-state index in [9.17, 15) is 19.2 Å². The number of fused-ring (bicyclic) bond motifs is 2. The van der Waals surface area contributed by atoms with Crippen molar-refractivity contribution in [2.24, 2.45) is 11.8 Å². The summed E-state index contributed by atoms with van der Waals surface area (Å²) in [6, 6.07) is 11.2. The van der Waals surface area contributed by atoms with Gasteiger partial charge >= 0.3 is 11.9 Å². The molecule has 3 rings (SSSR count). The Hall–Kier alpha value is -3.28. The first kappa shape index (κ1) is 41.1. The van der Waals surface area contributed by atoms with Gasteiger partial charge in [-0.2, -0.15) is 0 Å². The molecule has 2 unspecified atom stereocenters. The molecule has 2 aromatic rings. The van der Waals surface area contributed by atoms with Crippen molar-refractivity contribution in [3.8, 4) is 0 Å². The summed E-state index contributed by atoms with van der Waals surface area (Å²) in [7, 11) is 0. The first-order chi connectivity index (χ1) is 23.8. The molecule has 1 aliphatic carbocycles. The molecule has 0 bridgehead atoms. The highest BCUT2D eigenvalue weighted by Gasteiger charge is 2.33. The van der Waals surface area contributed by atoms with Gasteiger partial charge in [0.05, 0.1) is 13.2 Å². The Balaban J connectivity index is 1.60. The molecule has 0 spiro atoms. The number of hydrogen-bond donors (Lipinski definition) is 0. The lowest BCUT2D eigenvalue weighted by molar-refractivity contribution is -0.146. The van der Waals surface area contributed by atoms with Gasteiger partial charge in [0, 0.05) is 35.1 Å². The largest absolute Gasteiger partial charge is 0.465 e. The number of rotatable bonds is 22. The lowest BCUT2D eigenvalue weighted by Gasteiger charge is -2.29. The fourth-order valence-electron chi connectivity index (χ4n) is 6.99. The lowest BCUT2D eigenvalue weighted by atomic mass is 9.74. The van der Waals surface area contributed by atoms with Crippen molar-refractivity contribution < 1.29 is 28.7 Å². The van der Waals surface area contributed by atoms with Gasteiger partial charge < -0.3 is 9.47 Å². The van der Waals surface area contributed by atoms with E-state index in [-0.39, 0.29) is 34.3 Å². The van der Waals surface area contributed by atoms with E-state index >= 15 is 0 Å². The molecule has 2 aromatic carbocycles. The zero-order valence-electron chi connectivity index (χ0n) is 32.4. The van der Waals surface area contributed by atoms with Gasteiger partial charge in [-0.15, -0.1) is 0 Å². The molecule has 0 heterocycles. The summed E-state index contributed by atoms with van der Waals surface area (Å²) in [6.45, 7) is 18.1. The minimum absolute atomic E-state index is 0.138. The SMILES string of the molecule is CCCCC(CC)COC(=O)CCCC(C)(C)c1ccc2c(c1)C(=O)c1ccc(C(C)(C)CCCC(=O)OCC(CC)CCCC)cc1C2=O. The highest BCUT2D eigenvalue weighted by Crippen LogP contribution is 2.37. The number of ether oxygens (including phenoxy) is 2. The molecule has 50 heavy (non-hydrogen) atoms. The molecular weight excluding hydrogens is 624 g/mol. The average Bonchev–Trinajstić information content (AvgIpc) is 3.10. The predicted molar refractivity (Wildman–Crippen MR) is 202 cm³/mol. The fraction of sp³-hybridized carbons (Fsp3) is 0.636. The maximum atomic E-state index is 13.8. The number of unbranched alkanes of at least 4 members (excludes halogenated alkanes) is 2. The monoisotopic (exact) mass is 688 g/mol. The Morgan fingerprint density at radius 1 is 0.580 bits per heavy atom. The average molecular weight is 689 g/mol. The standard InChI is InChI=1S/C44H64O6/c1-9-13-17-31(11-3)29-49-39(45)19-15-25-43(5,6)33-21-23-35-37(27-33)41(47)36-24-22-34(28-38(36)42(35)48)44(7,8)26-16-20-40(46)50-30-32(12-4)18-14-10-2/h21-24,27-28,31-32H,9-20,25-26,29-30H2,1-8H3. The van der Waals surface area contributed by atoms with Crippen molar-refractivity contribution in [1.29, 1.82) is 0 Å². The number of hydrogen-bond acceptors (Lipinski definition) is 6. The van der Waals surface area contributed by atoms with E-state index in [4.69, 9.17) is 9.47 Å². The van der Waals surface area contributed by atoms with Crippen LogP contribution < -0.4 is 0 Å². The quantitative estimate of drug-likeness (QED) is 0.0977. The molecule has 0 N–H and O–H groups in total. The van der Waals surface area contributed by atoms with E-state index in [2.05, 4.69) is 55.4 Å². The zero-order chi connectivity index (χ0) is 36.9. The molecule has 276 valence electrons. The van der Waals surface area contributed by atoms with Crippen LogP contribution >= 0.6 is 0 Å². The number of benzene rings is 2. The van der Waals surface area contributed by atoms with Gasteiger partial charge in [0.1, 0.15) is 0 Å². The van der Waals surface area contributed by atoms with Gasteiger partial charge in [-0.25, -0.2) is 0 Å². The molecule has 0 amide bonds. The minimum atomic E-state index is -0.293. The Kier molecular flexibility index (Phi) is 15.9. The van der Waals surface area contributed by atoms with E-state index in [1.165, 1.54) is 0 Å². The van der Waals surface area contributed by atoms with Crippen LogP contribution in [0.2, 0.25) is 0 Å². The number of ketones is 2. The summed E-state index contributed by atoms with van der Waals surface area (Å²) in [5, 5.41) is 0.